The van der Waals surface area contributed by atoms with Crippen molar-refractivity contribution in [3.05, 3.63) is 52.6 Å². The first-order chi connectivity index (χ1) is 10.1. The lowest BCUT2D eigenvalue weighted by Gasteiger charge is -2.03. The lowest BCUT2D eigenvalue weighted by Crippen LogP contribution is -2.14. The number of aromatic amines is 1. The summed E-state index contributed by atoms with van der Waals surface area (Å²) in [4.78, 5) is 11.1. The van der Waals surface area contributed by atoms with Gasteiger partial charge in [-0.2, -0.15) is 4.98 Å². The Hall–Kier alpha value is -2.06. The number of imidazole rings is 1. The number of halogens is 2. The van der Waals surface area contributed by atoms with E-state index in [1.165, 1.54) is 12.1 Å². The van der Waals surface area contributed by atoms with Crippen LogP contribution >= 0.6 is 15.9 Å². The zero-order valence-electron chi connectivity index (χ0n) is 10.8. The average Bonchev–Trinajstić information content (AvgIpc) is 3.12. The molecule has 0 aliphatic carbocycles. The quantitative estimate of drug-likeness (QED) is 0.753. The number of nitrogens with one attached hydrogen (secondary N) is 1. The third-order valence-corrected chi connectivity index (χ3v) is 3.61. The molecule has 1 aromatic carbocycles. The maximum Gasteiger partial charge on any atom is 0.244 e. The molecule has 0 spiro atoms. The number of benzene rings is 1. The van der Waals surface area contributed by atoms with E-state index in [0.717, 1.165) is 5.69 Å². The highest BCUT2D eigenvalue weighted by molar-refractivity contribution is 9.10. The first kappa shape index (κ1) is 13.9. The van der Waals surface area contributed by atoms with Crippen LogP contribution < -0.4 is 5.73 Å². The molecule has 0 saturated carbocycles. The molecule has 3 N–H and O–H groups in total. The number of rotatable bonds is 4. The molecule has 0 bridgehead atoms. The molecule has 108 valence electrons. The van der Waals surface area contributed by atoms with Gasteiger partial charge in [-0.05, 0) is 18.2 Å². The van der Waals surface area contributed by atoms with Gasteiger partial charge in [0.1, 0.15) is 5.82 Å². The Kier molecular flexibility index (Phi) is 3.80. The van der Waals surface area contributed by atoms with Gasteiger partial charge >= 0.3 is 0 Å². The molecule has 0 unspecified atom stereocenters. The fourth-order valence-corrected chi connectivity index (χ4v) is 2.31. The fourth-order valence-electron chi connectivity index (χ4n) is 1.88. The molecular formula is C13H11BrFN5O. The lowest BCUT2D eigenvalue weighted by atomic mass is 10.2. The zero-order chi connectivity index (χ0) is 14.8. The maximum absolute atomic E-state index is 13.3. The van der Waals surface area contributed by atoms with Gasteiger partial charge in [-0.15, -0.1) is 0 Å². The van der Waals surface area contributed by atoms with E-state index in [0.29, 0.717) is 16.5 Å². The van der Waals surface area contributed by atoms with E-state index >= 15 is 0 Å². The van der Waals surface area contributed by atoms with Crippen molar-refractivity contribution in [1.29, 1.82) is 0 Å². The zero-order valence-corrected chi connectivity index (χ0v) is 12.3. The van der Waals surface area contributed by atoms with E-state index in [9.17, 15) is 4.39 Å². The van der Waals surface area contributed by atoms with E-state index in [-0.39, 0.29) is 17.5 Å². The van der Waals surface area contributed by atoms with Crippen LogP contribution in [0.3, 0.4) is 0 Å². The maximum atomic E-state index is 13.3. The highest BCUT2D eigenvalue weighted by atomic mass is 79.9. The second-order valence-corrected chi connectivity index (χ2v) is 5.32. The summed E-state index contributed by atoms with van der Waals surface area (Å²) in [5, 5.41) is 3.85. The van der Waals surface area contributed by atoms with Crippen molar-refractivity contribution in [3.63, 3.8) is 0 Å². The number of H-pyrrole nitrogens is 1. The van der Waals surface area contributed by atoms with Crippen LogP contribution in [0.4, 0.5) is 4.39 Å². The fraction of sp³-hybridized carbons (Fsp3) is 0.154. The van der Waals surface area contributed by atoms with Gasteiger partial charge in [0.2, 0.25) is 11.7 Å². The monoisotopic (exact) mass is 351 g/mol. The van der Waals surface area contributed by atoms with Crippen LogP contribution in [0.2, 0.25) is 0 Å². The van der Waals surface area contributed by atoms with Gasteiger partial charge in [0.05, 0.1) is 12.4 Å². The normalized spacial score (nSPS) is 12.5. The van der Waals surface area contributed by atoms with Crippen molar-refractivity contribution in [3.8, 4) is 11.4 Å². The Labute approximate surface area is 127 Å². The Bertz CT molecular complexity index is 743. The third kappa shape index (κ3) is 3.01. The van der Waals surface area contributed by atoms with Gasteiger partial charge in [0.15, 0.2) is 0 Å². The molecule has 0 amide bonds. The number of hydrogen-bond acceptors (Lipinski definition) is 5. The number of hydrogen-bond donors (Lipinski definition) is 2. The van der Waals surface area contributed by atoms with Gasteiger partial charge in [-0.3, -0.25) is 0 Å². The topological polar surface area (TPSA) is 93.6 Å². The average molecular weight is 352 g/mol. The van der Waals surface area contributed by atoms with E-state index in [1.807, 2.05) is 0 Å². The van der Waals surface area contributed by atoms with Crippen LogP contribution in [0.1, 0.15) is 17.6 Å². The second-order valence-electron chi connectivity index (χ2n) is 4.47. The van der Waals surface area contributed by atoms with Crippen LogP contribution in [0, 0.1) is 5.82 Å². The molecule has 0 fully saturated rings. The van der Waals surface area contributed by atoms with Crippen molar-refractivity contribution in [2.45, 2.75) is 12.5 Å². The summed E-state index contributed by atoms with van der Waals surface area (Å²) in [6.45, 7) is 0. The van der Waals surface area contributed by atoms with Crippen molar-refractivity contribution < 1.29 is 8.91 Å². The summed E-state index contributed by atoms with van der Waals surface area (Å²) in [5.41, 5.74) is 7.40. The highest BCUT2D eigenvalue weighted by Gasteiger charge is 2.18. The number of nitrogens with zero attached hydrogens (tertiary/aromatic N) is 3. The minimum atomic E-state index is -0.459. The minimum absolute atomic E-state index is 0.288. The summed E-state index contributed by atoms with van der Waals surface area (Å²) in [7, 11) is 0. The molecule has 1 atom stereocenters. The Morgan fingerprint density at radius 3 is 3.05 bits per heavy atom. The van der Waals surface area contributed by atoms with Crippen LogP contribution in [-0.2, 0) is 6.42 Å². The van der Waals surface area contributed by atoms with Crippen LogP contribution in [-0.4, -0.2) is 20.1 Å². The van der Waals surface area contributed by atoms with Crippen LogP contribution in [0.5, 0.6) is 0 Å². The van der Waals surface area contributed by atoms with Crippen molar-refractivity contribution in [2.24, 2.45) is 5.73 Å². The summed E-state index contributed by atoms with van der Waals surface area (Å²) in [6, 6.07) is 3.81. The summed E-state index contributed by atoms with van der Waals surface area (Å²) < 4.78 is 19.1. The van der Waals surface area contributed by atoms with E-state index in [4.69, 9.17) is 10.3 Å². The highest BCUT2D eigenvalue weighted by Crippen LogP contribution is 2.27. The van der Waals surface area contributed by atoms with Crippen molar-refractivity contribution >= 4 is 15.9 Å². The van der Waals surface area contributed by atoms with Gasteiger partial charge in [0.25, 0.3) is 0 Å². The predicted molar refractivity (Wildman–Crippen MR) is 76.6 cm³/mol. The van der Waals surface area contributed by atoms with Gasteiger partial charge < -0.3 is 15.2 Å². The summed E-state index contributed by atoms with van der Waals surface area (Å²) >= 11 is 3.33. The molecule has 6 nitrogen and oxygen atoms in total. The van der Waals surface area contributed by atoms with Crippen molar-refractivity contribution in [1.82, 2.24) is 20.1 Å². The number of aromatic nitrogens is 4. The number of nitrogens with two attached hydrogens (primary N) is 1. The molecule has 3 rings (SSSR count). The van der Waals surface area contributed by atoms with E-state index in [1.54, 1.807) is 18.6 Å². The largest absolute Gasteiger partial charge is 0.348 e. The molecule has 0 radical (unpaired) electrons. The predicted octanol–water partition coefficient (Wildman–Crippen LogP) is 2.60. The smallest absolute Gasteiger partial charge is 0.244 e. The Morgan fingerprint density at radius 1 is 1.43 bits per heavy atom. The molecule has 0 aliphatic heterocycles. The Morgan fingerprint density at radius 2 is 2.29 bits per heavy atom. The van der Waals surface area contributed by atoms with Crippen LogP contribution in [0.25, 0.3) is 11.4 Å². The molecular weight excluding hydrogens is 341 g/mol. The molecule has 0 saturated heterocycles. The van der Waals surface area contributed by atoms with E-state index in [2.05, 4.69) is 36.0 Å². The first-order valence-electron chi connectivity index (χ1n) is 6.15. The minimum Gasteiger partial charge on any atom is -0.348 e. The van der Waals surface area contributed by atoms with Gasteiger partial charge in [-0.1, -0.05) is 21.1 Å². The van der Waals surface area contributed by atoms with Gasteiger partial charge in [-0.25, -0.2) is 9.37 Å². The molecule has 2 aromatic heterocycles. The third-order valence-electron chi connectivity index (χ3n) is 2.92. The molecule has 3 aromatic rings. The van der Waals surface area contributed by atoms with Crippen LogP contribution in [0.15, 0.2) is 39.7 Å². The molecule has 21 heavy (non-hydrogen) atoms. The summed E-state index contributed by atoms with van der Waals surface area (Å²) in [6.07, 6.45) is 3.75. The van der Waals surface area contributed by atoms with Crippen molar-refractivity contribution in [2.75, 3.05) is 0 Å². The molecule has 0 aliphatic rings. The molecule has 8 heteroatoms. The first-order valence-corrected chi connectivity index (χ1v) is 6.94. The SMILES string of the molecule is N[C@H](Cc1cnc[nH]1)c1nc(-c2cc(F)ccc2Br)no1. The second kappa shape index (κ2) is 5.74. The standard InChI is InChI=1S/C13H11BrFN5O/c14-10-2-1-7(15)3-9(10)12-19-13(21-20-12)11(16)4-8-5-17-6-18-8/h1-3,5-6,11H,4,16H2,(H,17,18)/t11-/m1/s1. The van der Waals surface area contributed by atoms with E-state index < -0.39 is 6.04 Å². The Balaban J connectivity index is 1.84. The van der Waals surface area contributed by atoms with Gasteiger partial charge in [0, 0.05) is 28.3 Å². The summed E-state index contributed by atoms with van der Waals surface area (Å²) in [5.74, 6) is 0.202. The molecule has 2 heterocycles. The lowest BCUT2D eigenvalue weighted by molar-refractivity contribution is 0.354.